The molecule has 96 valence electrons. The van der Waals surface area contributed by atoms with Gasteiger partial charge >= 0.3 is 0 Å². The van der Waals surface area contributed by atoms with Crippen molar-refractivity contribution in [3.8, 4) is 0 Å². The van der Waals surface area contributed by atoms with Crippen LogP contribution in [0.3, 0.4) is 0 Å². The Balaban J connectivity index is 2.07. The van der Waals surface area contributed by atoms with Crippen molar-refractivity contribution >= 4 is 17.4 Å². The second-order valence-electron chi connectivity index (χ2n) is 4.48. The Morgan fingerprint density at radius 2 is 2.06 bits per heavy atom. The van der Waals surface area contributed by atoms with Crippen LogP contribution >= 0.6 is 0 Å². The van der Waals surface area contributed by atoms with E-state index in [9.17, 15) is 4.79 Å². The minimum atomic E-state index is -0.518. The fraction of sp³-hybridized carbons (Fsp3) is 0.417. The molecule has 0 aromatic carbocycles. The highest BCUT2D eigenvalue weighted by atomic mass is 16.1. The molecular weight excluding hydrogens is 230 g/mol. The molecule has 0 aliphatic carbocycles. The maximum Gasteiger partial charge on any atom is 0.267 e. The molecule has 1 aromatic heterocycles. The Kier molecular flexibility index (Phi) is 3.45. The highest BCUT2D eigenvalue weighted by Gasteiger charge is 2.21. The number of carbonyl (C=O) groups is 1. The summed E-state index contributed by atoms with van der Waals surface area (Å²) in [6.07, 6.45) is 3.32. The number of pyridine rings is 1. The predicted molar refractivity (Wildman–Crippen MR) is 69.6 cm³/mol. The maximum atomic E-state index is 11.1. The monoisotopic (exact) mass is 247 g/mol. The third-order valence-electron chi connectivity index (χ3n) is 3.30. The van der Waals surface area contributed by atoms with Crippen molar-refractivity contribution in [1.29, 1.82) is 5.41 Å². The first-order valence-electron chi connectivity index (χ1n) is 5.92. The Bertz CT molecular complexity index is 465. The van der Waals surface area contributed by atoms with Crippen LogP contribution in [0.4, 0.5) is 5.69 Å². The van der Waals surface area contributed by atoms with Crippen LogP contribution in [0.25, 0.3) is 0 Å². The van der Waals surface area contributed by atoms with Gasteiger partial charge in [0.25, 0.3) is 5.91 Å². The summed E-state index contributed by atoms with van der Waals surface area (Å²) in [6, 6.07) is 3.57. The molecule has 1 saturated heterocycles. The van der Waals surface area contributed by atoms with Gasteiger partial charge < -0.3 is 16.4 Å². The van der Waals surface area contributed by atoms with E-state index in [0.29, 0.717) is 0 Å². The van der Waals surface area contributed by atoms with E-state index in [0.717, 1.165) is 31.6 Å². The van der Waals surface area contributed by atoms with Crippen molar-refractivity contribution in [3.63, 3.8) is 0 Å². The van der Waals surface area contributed by atoms with Crippen molar-refractivity contribution in [2.45, 2.75) is 12.8 Å². The van der Waals surface area contributed by atoms with Gasteiger partial charge in [0.2, 0.25) is 0 Å². The number of primary amides is 1. The average molecular weight is 247 g/mol. The lowest BCUT2D eigenvalue weighted by molar-refractivity contribution is 0.0995. The zero-order valence-corrected chi connectivity index (χ0v) is 10.1. The maximum absolute atomic E-state index is 11.1. The fourth-order valence-electron chi connectivity index (χ4n) is 2.20. The van der Waals surface area contributed by atoms with Crippen LogP contribution in [0, 0.1) is 11.3 Å². The number of hydrogen-bond acceptors (Lipinski definition) is 4. The third kappa shape index (κ3) is 2.58. The lowest BCUT2D eigenvalue weighted by atomic mass is 9.95. The Hall–Kier alpha value is -2.11. The van der Waals surface area contributed by atoms with Gasteiger partial charge in [0.05, 0.1) is 5.84 Å². The standard InChI is InChI=1S/C12H17N5O/c13-11(14)8-2-5-17(6-3-8)9-1-4-16-10(7-9)12(15)18/h1,4,7-8H,2-3,5-6H2,(H3,13,14)(H2,15,18). The second kappa shape index (κ2) is 5.03. The molecular formula is C12H17N5O. The first-order valence-corrected chi connectivity index (χ1v) is 5.92. The van der Waals surface area contributed by atoms with E-state index >= 15 is 0 Å². The van der Waals surface area contributed by atoms with E-state index in [1.807, 2.05) is 6.07 Å². The predicted octanol–water partition coefficient (Wildman–Crippen LogP) is 0.333. The molecule has 1 aromatic rings. The molecule has 1 aliphatic heterocycles. The van der Waals surface area contributed by atoms with E-state index in [4.69, 9.17) is 16.9 Å². The molecule has 0 atom stereocenters. The number of amides is 1. The Morgan fingerprint density at radius 1 is 1.39 bits per heavy atom. The summed E-state index contributed by atoms with van der Waals surface area (Å²) in [5.74, 6) is -0.0728. The molecule has 0 spiro atoms. The summed E-state index contributed by atoms with van der Waals surface area (Å²) >= 11 is 0. The van der Waals surface area contributed by atoms with Crippen LogP contribution in [-0.2, 0) is 0 Å². The second-order valence-corrected chi connectivity index (χ2v) is 4.48. The molecule has 1 aliphatic rings. The molecule has 1 amide bonds. The number of carbonyl (C=O) groups excluding carboxylic acids is 1. The zero-order chi connectivity index (χ0) is 13.1. The van der Waals surface area contributed by atoms with Crippen LogP contribution in [0.1, 0.15) is 23.3 Å². The summed E-state index contributed by atoms with van der Waals surface area (Å²) in [7, 11) is 0. The average Bonchev–Trinajstić information content (AvgIpc) is 2.39. The summed E-state index contributed by atoms with van der Waals surface area (Å²) in [5, 5.41) is 7.44. The van der Waals surface area contributed by atoms with Crippen LogP contribution in [0.15, 0.2) is 18.3 Å². The number of rotatable bonds is 3. The molecule has 0 saturated carbocycles. The van der Waals surface area contributed by atoms with Crippen LogP contribution in [0.2, 0.25) is 0 Å². The number of nitrogens with one attached hydrogen (secondary N) is 1. The zero-order valence-electron chi connectivity index (χ0n) is 10.1. The summed E-state index contributed by atoms with van der Waals surface area (Å²) in [5.41, 5.74) is 11.9. The van der Waals surface area contributed by atoms with E-state index in [1.165, 1.54) is 0 Å². The van der Waals surface area contributed by atoms with Gasteiger partial charge in [0.1, 0.15) is 5.69 Å². The number of aromatic nitrogens is 1. The smallest absolute Gasteiger partial charge is 0.267 e. The van der Waals surface area contributed by atoms with Gasteiger partial charge in [-0.2, -0.15) is 0 Å². The Labute approximate surface area is 105 Å². The van der Waals surface area contributed by atoms with Crippen molar-refractivity contribution in [3.05, 3.63) is 24.0 Å². The van der Waals surface area contributed by atoms with E-state index in [2.05, 4.69) is 9.88 Å². The van der Waals surface area contributed by atoms with E-state index < -0.39 is 5.91 Å². The van der Waals surface area contributed by atoms with E-state index in [-0.39, 0.29) is 17.4 Å². The molecule has 0 bridgehead atoms. The largest absolute Gasteiger partial charge is 0.387 e. The number of nitrogens with zero attached hydrogens (tertiary/aromatic N) is 2. The topological polar surface area (TPSA) is 109 Å². The van der Waals surface area contributed by atoms with Crippen LogP contribution in [0.5, 0.6) is 0 Å². The van der Waals surface area contributed by atoms with Gasteiger partial charge in [-0.3, -0.25) is 15.2 Å². The number of anilines is 1. The minimum absolute atomic E-state index is 0.179. The fourth-order valence-corrected chi connectivity index (χ4v) is 2.20. The molecule has 18 heavy (non-hydrogen) atoms. The normalized spacial score (nSPS) is 16.6. The molecule has 2 heterocycles. The first-order chi connectivity index (χ1) is 8.58. The SMILES string of the molecule is N=C(N)C1CCN(c2ccnc(C(N)=O)c2)CC1. The lowest BCUT2D eigenvalue weighted by Gasteiger charge is -2.33. The quantitative estimate of drug-likeness (QED) is 0.528. The van der Waals surface area contributed by atoms with Crippen molar-refractivity contribution < 1.29 is 4.79 Å². The molecule has 5 N–H and O–H groups in total. The van der Waals surface area contributed by atoms with Gasteiger partial charge in [-0.15, -0.1) is 0 Å². The van der Waals surface area contributed by atoms with E-state index in [1.54, 1.807) is 12.3 Å². The number of hydrogen-bond donors (Lipinski definition) is 3. The van der Waals surface area contributed by atoms with Gasteiger partial charge in [0.15, 0.2) is 0 Å². The van der Waals surface area contributed by atoms with Crippen molar-refractivity contribution in [2.75, 3.05) is 18.0 Å². The molecule has 0 unspecified atom stereocenters. The van der Waals surface area contributed by atoms with Gasteiger partial charge in [-0.25, -0.2) is 0 Å². The summed E-state index contributed by atoms with van der Waals surface area (Å²) < 4.78 is 0. The van der Waals surface area contributed by atoms with Gasteiger partial charge in [0, 0.05) is 30.9 Å². The number of piperidine rings is 1. The first kappa shape index (κ1) is 12.3. The molecule has 0 radical (unpaired) electrons. The summed E-state index contributed by atoms with van der Waals surface area (Å²) in [6.45, 7) is 1.65. The molecule has 6 nitrogen and oxygen atoms in total. The molecule has 2 rings (SSSR count). The Morgan fingerprint density at radius 3 is 2.61 bits per heavy atom. The lowest BCUT2D eigenvalue weighted by Crippen LogP contribution is -2.38. The highest BCUT2D eigenvalue weighted by molar-refractivity contribution is 5.91. The molecule has 1 fully saturated rings. The third-order valence-corrected chi connectivity index (χ3v) is 3.30. The van der Waals surface area contributed by atoms with Crippen LogP contribution in [-0.4, -0.2) is 29.8 Å². The number of nitrogens with two attached hydrogens (primary N) is 2. The van der Waals surface area contributed by atoms with Crippen LogP contribution < -0.4 is 16.4 Å². The summed E-state index contributed by atoms with van der Waals surface area (Å²) in [4.78, 5) is 17.2. The van der Waals surface area contributed by atoms with Crippen molar-refractivity contribution in [1.82, 2.24) is 4.98 Å². The highest BCUT2D eigenvalue weighted by Crippen LogP contribution is 2.23. The van der Waals surface area contributed by atoms with Gasteiger partial charge in [-0.1, -0.05) is 0 Å². The van der Waals surface area contributed by atoms with Crippen molar-refractivity contribution in [2.24, 2.45) is 17.4 Å². The molecule has 6 heteroatoms. The van der Waals surface area contributed by atoms with Gasteiger partial charge in [-0.05, 0) is 25.0 Å². The number of amidine groups is 1. The minimum Gasteiger partial charge on any atom is -0.387 e.